The van der Waals surface area contributed by atoms with Crippen molar-refractivity contribution in [2.75, 3.05) is 37.6 Å². The Labute approximate surface area is 185 Å². The van der Waals surface area contributed by atoms with Crippen LogP contribution < -0.4 is 10.3 Å². The van der Waals surface area contributed by atoms with Crippen molar-refractivity contribution in [2.24, 2.45) is 28.8 Å². The first-order valence-electron chi connectivity index (χ1n) is 12.1. The summed E-state index contributed by atoms with van der Waals surface area (Å²) in [5, 5.41) is 4.41. The lowest BCUT2D eigenvalue weighted by Gasteiger charge is -2.39. The monoisotopic (exact) mass is 422 g/mol. The van der Waals surface area contributed by atoms with Gasteiger partial charge in [-0.1, -0.05) is 43.9 Å². The van der Waals surface area contributed by atoms with Gasteiger partial charge >= 0.3 is 0 Å². The molecule has 166 valence electrons. The number of anilines is 1. The molecule has 1 saturated heterocycles. The van der Waals surface area contributed by atoms with E-state index < -0.39 is 0 Å². The van der Waals surface area contributed by atoms with Crippen molar-refractivity contribution in [3.05, 3.63) is 30.3 Å². The highest BCUT2D eigenvalue weighted by atomic mass is 16.2. The highest BCUT2D eigenvalue weighted by Gasteiger charge is 2.53. The molecule has 0 bridgehead atoms. The van der Waals surface area contributed by atoms with Crippen molar-refractivity contribution in [1.82, 2.24) is 10.3 Å². The molecule has 1 amide bonds. The lowest BCUT2D eigenvalue weighted by molar-refractivity contribution is -0.121. The van der Waals surface area contributed by atoms with Crippen LogP contribution in [0.2, 0.25) is 0 Å². The van der Waals surface area contributed by atoms with Crippen LogP contribution in [0.4, 0.5) is 5.69 Å². The molecule has 1 aromatic rings. The Kier molecular flexibility index (Phi) is 6.08. The van der Waals surface area contributed by atoms with Crippen LogP contribution in [0, 0.1) is 23.7 Å². The number of carbonyl (C=O) groups is 2. The number of ketones is 1. The van der Waals surface area contributed by atoms with Crippen LogP contribution in [0.5, 0.6) is 0 Å². The predicted molar refractivity (Wildman–Crippen MR) is 122 cm³/mol. The average molecular weight is 423 g/mol. The summed E-state index contributed by atoms with van der Waals surface area (Å²) >= 11 is 0. The first-order valence-corrected chi connectivity index (χ1v) is 12.1. The lowest BCUT2D eigenvalue weighted by atomic mass is 9.65. The van der Waals surface area contributed by atoms with E-state index in [1.807, 2.05) is 6.07 Å². The maximum Gasteiger partial charge on any atom is 0.241 e. The molecule has 0 radical (unpaired) electrons. The topological polar surface area (TPSA) is 65.0 Å². The molecule has 4 atom stereocenters. The second-order valence-corrected chi connectivity index (χ2v) is 9.72. The molecule has 1 heterocycles. The van der Waals surface area contributed by atoms with Crippen molar-refractivity contribution in [3.8, 4) is 0 Å². The van der Waals surface area contributed by atoms with E-state index in [4.69, 9.17) is 0 Å². The number of nitrogens with zero attached hydrogens (tertiary/aromatic N) is 3. The highest BCUT2D eigenvalue weighted by molar-refractivity contribution is 6.43. The molecule has 0 aromatic heterocycles. The van der Waals surface area contributed by atoms with Crippen molar-refractivity contribution < 1.29 is 9.59 Å². The summed E-state index contributed by atoms with van der Waals surface area (Å²) in [7, 11) is 0. The van der Waals surface area contributed by atoms with E-state index in [9.17, 15) is 9.59 Å². The molecule has 5 rings (SSSR count). The number of amides is 1. The van der Waals surface area contributed by atoms with E-state index in [1.165, 1.54) is 31.4 Å². The summed E-state index contributed by atoms with van der Waals surface area (Å²) < 4.78 is 0. The summed E-state index contributed by atoms with van der Waals surface area (Å²) in [6.45, 7) is 4.62. The Morgan fingerprint density at radius 3 is 2.42 bits per heavy atom. The van der Waals surface area contributed by atoms with Crippen molar-refractivity contribution in [1.29, 1.82) is 0 Å². The van der Waals surface area contributed by atoms with Gasteiger partial charge in [0.25, 0.3) is 0 Å². The van der Waals surface area contributed by atoms with E-state index >= 15 is 0 Å². The number of rotatable bonds is 5. The Balaban J connectivity index is 1.11. The minimum atomic E-state index is -0.0759. The molecule has 31 heavy (non-hydrogen) atoms. The van der Waals surface area contributed by atoms with Gasteiger partial charge in [-0.15, -0.1) is 0 Å². The molecule has 1 aromatic carbocycles. The normalized spacial score (nSPS) is 32.2. The average Bonchev–Trinajstić information content (AvgIpc) is 3.10. The molecule has 6 heteroatoms. The van der Waals surface area contributed by atoms with E-state index in [0.717, 1.165) is 45.6 Å². The number of hydrogen-bond acceptors (Lipinski definition) is 5. The fourth-order valence-electron chi connectivity index (χ4n) is 6.49. The molecule has 4 unspecified atom stereocenters. The quantitative estimate of drug-likeness (QED) is 0.741. The van der Waals surface area contributed by atoms with Gasteiger partial charge in [-0.3, -0.25) is 14.5 Å². The standard InChI is InChI=1S/C25H34N4O2/c30-22(12-13-28-14-16-29(17-15-28)19-8-2-1-3-9-19)26-27-24-20-10-4-6-18-7-5-11-21(23(18)20)25(24)31/h1-3,8-9,18,20-21,23H,4-7,10-17H2,(H,26,30)/b27-24+. The summed E-state index contributed by atoms with van der Waals surface area (Å²) in [6, 6.07) is 10.5. The van der Waals surface area contributed by atoms with Crippen LogP contribution in [-0.2, 0) is 9.59 Å². The lowest BCUT2D eigenvalue weighted by Crippen LogP contribution is -2.47. The summed E-state index contributed by atoms with van der Waals surface area (Å²) in [5.41, 5.74) is 4.67. The van der Waals surface area contributed by atoms with Crippen LogP contribution in [0.1, 0.15) is 44.9 Å². The van der Waals surface area contributed by atoms with Crippen LogP contribution in [-0.4, -0.2) is 55.0 Å². The summed E-state index contributed by atoms with van der Waals surface area (Å²) in [6.07, 6.45) is 7.39. The third-order valence-electron chi connectivity index (χ3n) is 8.04. The molecule has 3 saturated carbocycles. The zero-order valence-electron chi connectivity index (χ0n) is 18.3. The van der Waals surface area contributed by atoms with Gasteiger partial charge in [0.1, 0.15) is 5.71 Å². The Morgan fingerprint density at radius 1 is 0.968 bits per heavy atom. The molecular formula is C25H34N4O2. The van der Waals surface area contributed by atoms with Gasteiger partial charge in [0.15, 0.2) is 5.78 Å². The maximum atomic E-state index is 13.0. The molecule has 3 aliphatic carbocycles. The second kappa shape index (κ2) is 9.11. The summed E-state index contributed by atoms with van der Waals surface area (Å²) in [4.78, 5) is 30.1. The number of piperazine rings is 1. The van der Waals surface area contributed by atoms with Gasteiger partial charge in [0.05, 0.1) is 0 Å². The molecule has 1 aliphatic heterocycles. The fourth-order valence-corrected chi connectivity index (χ4v) is 6.49. The van der Waals surface area contributed by atoms with Crippen LogP contribution in [0.15, 0.2) is 35.4 Å². The minimum absolute atomic E-state index is 0.0759. The van der Waals surface area contributed by atoms with Crippen LogP contribution >= 0.6 is 0 Å². The van der Waals surface area contributed by atoms with Crippen molar-refractivity contribution >= 4 is 23.1 Å². The molecule has 4 fully saturated rings. The largest absolute Gasteiger partial charge is 0.369 e. The van der Waals surface area contributed by atoms with E-state index in [2.05, 4.69) is 44.6 Å². The molecule has 1 N–H and O–H groups in total. The summed E-state index contributed by atoms with van der Waals surface area (Å²) in [5.74, 6) is 1.78. The highest BCUT2D eigenvalue weighted by Crippen LogP contribution is 2.51. The molecule has 6 nitrogen and oxygen atoms in total. The zero-order valence-corrected chi connectivity index (χ0v) is 18.3. The van der Waals surface area contributed by atoms with Crippen LogP contribution in [0.3, 0.4) is 0 Å². The first-order chi connectivity index (χ1) is 15.2. The third-order valence-corrected chi connectivity index (χ3v) is 8.04. The van der Waals surface area contributed by atoms with Gasteiger partial charge in [-0.05, 0) is 36.8 Å². The number of hydrogen-bond donors (Lipinski definition) is 1. The number of Topliss-reactive ketones (excluding diaryl/α,β-unsaturated/α-hetero) is 1. The second-order valence-electron chi connectivity index (χ2n) is 9.72. The maximum absolute atomic E-state index is 13.0. The van der Waals surface area contributed by atoms with Crippen molar-refractivity contribution in [2.45, 2.75) is 44.9 Å². The number of para-hydroxylation sites is 1. The number of hydrazone groups is 1. The SMILES string of the molecule is O=C(CCN1CCN(c2ccccc2)CC1)N/N=C1/C(=O)C2CCCC3CCCC1C32. The van der Waals surface area contributed by atoms with E-state index in [1.54, 1.807) is 0 Å². The number of nitrogens with one attached hydrogen (secondary N) is 1. The van der Waals surface area contributed by atoms with Gasteiger partial charge in [-0.2, -0.15) is 5.10 Å². The van der Waals surface area contributed by atoms with Crippen molar-refractivity contribution in [3.63, 3.8) is 0 Å². The van der Waals surface area contributed by atoms with E-state index in [0.29, 0.717) is 24.0 Å². The predicted octanol–water partition coefficient (Wildman–Crippen LogP) is 3.09. The molecule has 4 aliphatic rings. The third kappa shape index (κ3) is 4.27. The molecule has 0 spiro atoms. The Bertz CT molecular complexity index is 829. The first kappa shape index (κ1) is 20.7. The number of carbonyl (C=O) groups excluding carboxylic acids is 2. The van der Waals surface area contributed by atoms with Gasteiger partial charge in [-0.25, -0.2) is 5.43 Å². The Morgan fingerprint density at radius 2 is 1.68 bits per heavy atom. The Hall–Kier alpha value is -2.21. The van der Waals surface area contributed by atoms with Gasteiger partial charge < -0.3 is 4.90 Å². The molecular weight excluding hydrogens is 388 g/mol. The fraction of sp³-hybridized carbons (Fsp3) is 0.640. The minimum Gasteiger partial charge on any atom is -0.369 e. The smallest absolute Gasteiger partial charge is 0.241 e. The van der Waals surface area contributed by atoms with Gasteiger partial charge in [0, 0.05) is 56.7 Å². The van der Waals surface area contributed by atoms with Crippen LogP contribution in [0.25, 0.3) is 0 Å². The zero-order chi connectivity index (χ0) is 21.2. The van der Waals surface area contributed by atoms with E-state index in [-0.39, 0.29) is 23.5 Å². The van der Waals surface area contributed by atoms with Gasteiger partial charge in [0.2, 0.25) is 5.91 Å². The number of benzene rings is 1.